The number of ether oxygens (including phenoxy) is 7. The van der Waals surface area contributed by atoms with E-state index in [1.165, 1.54) is 0 Å². The van der Waals surface area contributed by atoms with Gasteiger partial charge in [-0.3, -0.25) is 14.4 Å². The Morgan fingerprint density at radius 1 is 0.515 bits per heavy atom. The first kappa shape index (κ1) is 30.9. The highest BCUT2D eigenvalue weighted by Gasteiger charge is 2.14. The lowest BCUT2D eigenvalue weighted by molar-refractivity contribution is -0.151. The summed E-state index contributed by atoms with van der Waals surface area (Å²) in [7, 11) is 0. The molecule has 1 N–H and O–H groups in total. The molecule has 0 aliphatic rings. The van der Waals surface area contributed by atoms with Crippen molar-refractivity contribution in [3.63, 3.8) is 0 Å². The van der Waals surface area contributed by atoms with Gasteiger partial charge >= 0.3 is 17.9 Å². The van der Waals surface area contributed by atoms with Crippen molar-refractivity contribution in [3.8, 4) is 0 Å². The van der Waals surface area contributed by atoms with Crippen LogP contribution in [0, 0.1) is 0 Å². The Bertz CT molecular complexity index is 537. The number of aliphatic carboxylic acids is 1. The summed E-state index contributed by atoms with van der Waals surface area (Å²) in [6, 6.07) is 0. The molecule has 0 radical (unpaired) electrons. The lowest BCUT2D eigenvalue weighted by Gasteiger charge is -2.08. The van der Waals surface area contributed by atoms with E-state index in [9.17, 15) is 19.2 Å². The third kappa shape index (κ3) is 22.9. The smallest absolute Gasteiger partial charge is 0.372 e. The third-order valence-corrected chi connectivity index (χ3v) is 3.72. The summed E-state index contributed by atoms with van der Waals surface area (Å²) < 4.78 is 36.3. The van der Waals surface area contributed by atoms with Crippen LogP contribution in [0.4, 0.5) is 0 Å². The molecule has 0 atom stereocenters. The van der Waals surface area contributed by atoms with Crippen LogP contribution >= 0.6 is 0 Å². The summed E-state index contributed by atoms with van der Waals surface area (Å²) >= 11 is 0. The zero-order chi connectivity index (χ0) is 24.6. The van der Waals surface area contributed by atoms with E-state index in [0.29, 0.717) is 65.9 Å². The fraction of sp³-hybridized carbons (Fsp3) is 0.810. The molecule has 0 unspecified atom stereocenters. The van der Waals surface area contributed by atoms with Crippen molar-refractivity contribution in [2.45, 2.75) is 32.6 Å². The van der Waals surface area contributed by atoms with Gasteiger partial charge in [0.1, 0.15) is 13.2 Å². The van der Waals surface area contributed by atoms with E-state index in [1.807, 2.05) is 6.92 Å². The van der Waals surface area contributed by atoms with E-state index in [2.05, 4.69) is 0 Å². The van der Waals surface area contributed by atoms with E-state index < -0.39 is 17.7 Å². The zero-order valence-electron chi connectivity index (χ0n) is 19.3. The van der Waals surface area contributed by atoms with Gasteiger partial charge in [0.05, 0.1) is 72.5 Å². The highest BCUT2D eigenvalue weighted by atomic mass is 16.6. The van der Waals surface area contributed by atoms with Crippen molar-refractivity contribution in [3.05, 3.63) is 0 Å². The number of Topliss-reactive ketones (excluding diaryl/α,β-unsaturated/α-hetero) is 1. The molecule has 0 aromatic heterocycles. The Balaban J connectivity index is 3.20. The normalized spacial score (nSPS) is 10.7. The number of carboxylic acid groups (broad SMARTS) is 1. The van der Waals surface area contributed by atoms with Crippen LogP contribution in [-0.4, -0.2) is 108 Å². The molecule has 0 amide bonds. The van der Waals surface area contributed by atoms with Crippen molar-refractivity contribution in [1.29, 1.82) is 0 Å². The van der Waals surface area contributed by atoms with Crippen molar-refractivity contribution in [1.82, 2.24) is 0 Å². The maximum absolute atomic E-state index is 11.3. The minimum absolute atomic E-state index is 0.0145. The van der Waals surface area contributed by atoms with Gasteiger partial charge in [0, 0.05) is 12.8 Å². The maximum atomic E-state index is 11.3. The molecule has 0 aliphatic carbocycles. The quantitative estimate of drug-likeness (QED) is 0.115. The van der Waals surface area contributed by atoms with Gasteiger partial charge in [-0.2, -0.15) is 0 Å². The monoisotopic (exact) mass is 480 g/mol. The number of esters is 2. The topological polar surface area (TPSA) is 153 Å². The summed E-state index contributed by atoms with van der Waals surface area (Å²) in [5.41, 5.74) is 0. The molecule has 0 rings (SSSR count). The van der Waals surface area contributed by atoms with E-state index in [0.717, 1.165) is 6.42 Å². The second-order valence-electron chi connectivity index (χ2n) is 6.48. The molecular weight excluding hydrogens is 444 g/mol. The van der Waals surface area contributed by atoms with Gasteiger partial charge in [-0.15, -0.1) is 0 Å². The van der Waals surface area contributed by atoms with E-state index in [4.69, 9.17) is 38.3 Å². The summed E-state index contributed by atoms with van der Waals surface area (Å²) in [5.74, 6) is -3.45. The van der Waals surface area contributed by atoms with Crippen LogP contribution in [0.15, 0.2) is 0 Å². The minimum atomic E-state index is -1.56. The van der Waals surface area contributed by atoms with Crippen LogP contribution in [0.2, 0.25) is 0 Å². The van der Waals surface area contributed by atoms with Crippen molar-refractivity contribution < 1.29 is 57.4 Å². The molecule has 12 heteroatoms. The fourth-order valence-corrected chi connectivity index (χ4v) is 2.08. The first-order valence-electron chi connectivity index (χ1n) is 10.9. The second kappa shape index (κ2) is 23.1. The fourth-order valence-electron chi connectivity index (χ4n) is 2.08. The highest BCUT2D eigenvalue weighted by molar-refractivity contribution is 6.32. The molecular formula is C21H36O12. The Hall–Kier alpha value is -2.12. The van der Waals surface area contributed by atoms with Crippen LogP contribution in [-0.2, 0) is 52.3 Å². The average molecular weight is 481 g/mol. The first-order chi connectivity index (χ1) is 16.0. The molecule has 0 aromatic rings. The standard InChI is InChI=1S/C21H36O12/c1-2-3-19(23)32-16-14-30-12-10-28-8-6-27-7-9-29-11-13-31-15-17-33-20(24)5-4-18(22)21(25)26/h2-17H2,1H3,(H,25,26). The molecule has 0 saturated heterocycles. The SMILES string of the molecule is CCCC(=O)OCCOCCOCCOCCOCCOCCOC(=O)CCC(=O)C(=O)O. The van der Waals surface area contributed by atoms with E-state index in [1.54, 1.807) is 0 Å². The number of carbonyl (C=O) groups excluding carboxylic acids is 3. The molecule has 33 heavy (non-hydrogen) atoms. The van der Waals surface area contributed by atoms with Crippen LogP contribution in [0.1, 0.15) is 32.6 Å². The van der Waals surface area contributed by atoms with Gasteiger partial charge in [-0.25, -0.2) is 4.79 Å². The molecule has 0 fully saturated rings. The third-order valence-electron chi connectivity index (χ3n) is 3.72. The van der Waals surface area contributed by atoms with Gasteiger partial charge in [0.2, 0.25) is 5.78 Å². The van der Waals surface area contributed by atoms with Gasteiger partial charge < -0.3 is 38.3 Å². The molecule has 0 bridgehead atoms. The van der Waals surface area contributed by atoms with Crippen molar-refractivity contribution in [2.75, 3.05) is 79.3 Å². The average Bonchev–Trinajstić information content (AvgIpc) is 2.79. The largest absolute Gasteiger partial charge is 0.476 e. The van der Waals surface area contributed by atoms with Crippen molar-refractivity contribution in [2.24, 2.45) is 0 Å². The van der Waals surface area contributed by atoms with Gasteiger partial charge in [0.25, 0.3) is 0 Å². The highest BCUT2D eigenvalue weighted by Crippen LogP contribution is 1.95. The lowest BCUT2D eigenvalue weighted by Crippen LogP contribution is -2.17. The molecule has 0 spiro atoms. The predicted molar refractivity (Wildman–Crippen MR) is 113 cm³/mol. The summed E-state index contributed by atoms with van der Waals surface area (Å²) in [6.45, 7) is 5.88. The molecule has 0 heterocycles. The van der Waals surface area contributed by atoms with Gasteiger partial charge in [-0.05, 0) is 6.42 Å². The number of carboxylic acids is 1. The Kier molecular flexibility index (Phi) is 21.6. The van der Waals surface area contributed by atoms with E-state index >= 15 is 0 Å². The maximum Gasteiger partial charge on any atom is 0.372 e. The summed E-state index contributed by atoms with van der Waals surface area (Å²) in [4.78, 5) is 43.6. The molecule has 0 aromatic carbocycles. The molecule has 12 nitrogen and oxygen atoms in total. The number of hydrogen-bond acceptors (Lipinski definition) is 11. The Morgan fingerprint density at radius 2 is 0.848 bits per heavy atom. The molecule has 192 valence electrons. The number of hydrogen-bond donors (Lipinski definition) is 1. The number of ketones is 1. The molecule has 0 saturated carbocycles. The first-order valence-corrected chi connectivity index (χ1v) is 10.9. The molecule has 0 aliphatic heterocycles. The van der Waals surface area contributed by atoms with Gasteiger partial charge in [0.15, 0.2) is 0 Å². The van der Waals surface area contributed by atoms with Gasteiger partial charge in [-0.1, -0.05) is 6.92 Å². The Labute approximate surface area is 193 Å². The number of rotatable bonds is 24. The van der Waals surface area contributed by atoms with Crippen LogP contribution in [0.5, 0.6) is 0 Å². The zero-order valence-corrected chi connectivity index (χ0v) is 19.3. The summed E-state index contributed by atoms with van der Waals surface area (Å²) in [6.07, 6.45) is 0.532. The van der Waals surface area contributed by atoms with Crippen LogP contribution in [0.3, 0.4) is 0 Å². The summed E-state index contributed by atoms with van der Waals surface area (Å²) in [5, 5.41) is 8.40. The van der Waals surface area contributed by atoms with Crippen LogP contribution < -0.4 is 0 Å². The lowest BCUT2D eigenvalue weighted by atomic mass is 10.2. The second-order valence-corrected chi connectivity index (χ2v) is 6.48. The van der Waals surface area contributed by atoms with Crippen molar-refractivity contribution >= 4 is 23.7 Å². The Morgan fingerprint density at radius 3 is 1.18 bits per heavy atom. The number of carbonyl (C=O) groups is 4. The van der Waals surface area contributed by atoms with Crippen LogP contribution in [0.25, 0.3) is 0 Å². The van der Waals surface area contributed by atoms with E-state index in [-0.39, 0.29) is 38.6 Å². The predicted octanol–water partition coefficient (Wildman–Crippen LogP) is 0.390. The minimum Gasteiger partial charge on any atom is -0.476 e.